The van der Waals surface area contributed by atoms with Crippen molar-refractivity contribution < 1.29 is 9.53 Å². The van der Waals surface area contributed by atoms with Crippen LogP contribution in [0.4, 0.5) is 5.69 Å². The van der Waals surface area contributed by atoms with Crippen LogP contribution in [0.3, 0.4) is 0 Å². The molecule has 0 aliphatic rings. The van der Waals surface area contributed by atoms with Crippen molar-refractivity contribution in [2.24, 2.45) is 7.05 Å². The van der Waals surface area contributed by atoms with E-state index < -0.39 is 0 Å². The lowest BCUT2D eigenvalue weighted by Crippen LogP contribution is -2.13. The first kappa shape index (κ1) is 21.4. The molecule has 0 atom stereocenters. The number of nitrogens with zero attached hydrogens (tertiary/aromatic N) is 5. The fourth-order valence-electron chi connectivity index (χ4n) is 3.92. The molecule has 0 saturated heterocycles. The Labute approximate surface area is 196 Å². The van der Waals surface area contributed by atoms with Crippen LogP contribution in [0.1, 0.15) is 21.6 Å². The van der Waals surface area contributed by atoms with Crippen molar-refractivity contribution in [3.63, 3.8) is 0 Å². The van der Waals surface area contributed by atoms with Crippen molar-refractivity contribution in [1.29, 1.82) is 0 Å². The highest BCUT2D eigenvalue weighted by Gasteiger charge is 2.17. The van der Waals surface area contributed by atoms with Gasteiger partial charge in [-0.1, -0.05) is 30.3 Å². The summed E-state index contributed by atoms with van der Waals surface area (Å²) in [6.45, 7) is 2.55. The van der Waals surface area contributed by atoms with Crippen LogP contribution >= 0.6 is 0 Å². The van der Waals surface area contributed by atoms with Crippen molar-refractivity contribution in [1.82, 2.24) is 24.5 Å². The Balaban J connectivity index is 1.43. The highest BCUT2D eigenvalue weighted by molar-refractivity contribution is 6.13. The van der Waals surface area contributed by atoms with Crippen LogP contribution in [0.5, 0.6) is 5.75 Å². The van der Waals surface area contributed by atoms with Crippen LogP contribution in [0.25, 0.3) is 22.2 Å². The number of aromatic nitrogens is 5. The summed E-state index contributed by atoms with van der Waals surface area (Å²) in [5, 5.41) is 12.5. The van der Waals surface area contributed by atoms with E-state index in [-0.39, 0.29) is 5.91 Å². The third-order valence-electron chi connectivity index (χ3n) is 5.84. The van der Waals surface area contributed by atoms with Gasteiger partial charge in [0, 0.05) is 29.9 Å². The zero-order valence-electron chi connectivity index (χ0n) is 19.2. The van der Waals surface area contributed by atoms with Crippen LogP contribution in [0, 0.1) is 6.92 Å². The molecule has 8 heteroatoms. The van der Waals surface area contributed by atoms with Crippen molar-refractivity contribution in [2.45, 2.75) is 13.5 Å². The van der Waals surface area contributed by atoms with Crippen molar-refractivity contribution in [3.8, 4) is 17.0 Å². The number of carbonyl (C=O) groups is 1. The Bertz CT molecular complexity index is 1500. The number of methoxy groups -OCH3 is 1. The Kier molecular flexibility index (Phi) is 5.55. The van der Waals surface area contributed by atoms with Crippen LogP contribution in [0.15, 0.2) is 73.2 Å². The highest BCUT2D eigenvalue weighted by atomic mass is 16.5. The molecule has 1 amide bonds. The molecule has 3 aromatic heterocycles. The number of carbonyl (C=O) groups excluding carboxylic acids is 1. The number of nitrogens with one attached hydrogen (secondary N) is 1. The zero-order valence-corrected chi connectivity index (χ0v) is 19.2. The van der Waals surface area contributed by atoms with Crippen molar-refractivity contribution in [2.75, 3.05) is 12.4 Å². The van der Waals surface area contributed by atoms with E-state index in [0.717, 1.165) is 33.5 Å². The molecular formula is C26H24N6O2. The average molecular weight is 453 g/mol. The van der Waals surface area contributed by atoms with Crippen LogP contribution < -0.4 is 10.1 Å². The molecule has 0 aliphatic heterocycles. The summed E-state index contributed by atoms with van der Waals surface area (Å²) in [5.74, 6) is 0.574. The van der Waals surface area contributed by atoms with Gasteiger partial charge < -0.3 is 10.1 Å². The number of amides is 1. The second-order valence-electron chi connectivity index (χ2n) is 8.07. The second-order valence-corrected chi connectivity index (χ2v) is 8.07. The molecule has 0 aliphatic carbocycles. The average Bonchev–Trinajstić information content (AvgIpc) is 3.43. The topological polar surface area (TPSA) is 86.9 Å². The molecule has 0 radical (unpaired) electrons. The van der Waals surface area contributed by atoms with Crippen molar-refractivity contribution >= 4 is 22.5 Å². The Hall–Kier alpha value is -4.46. The zero-order chi connectivity index (χ0) is 23.7. The monoisotopic (exact) mass is 452 g/mol. The van der Waals surface area contributed by atoms with Crippen molar-refractivity contribution in [3.05, 3.63) is 90.0 Å². The van der Waals surface area contributed by atoms with E-state index in [1.165, 1.54) is 0 Å². The predicted octanol–water partition coefficient (Wildman–Crippen LogP) is 4.45. The molecule has 0 bridgehead atoms. The summed E-state index contributed by atoms with van der Waals surface area (Å²) >= 11 is 0. The van der Waals surface area contributed by atoms with Gasteiger partial charge in [0.2, 0.25) is 0 Å². The van der Waals surface area contributed by atoms with Gasteiger partial charge in [0.05, 0.1) is 48.5 Å². The predicted molar refractivity (Wildman–Crippen MR) is 131 cm³/mol. The number of hydrogen-bond donors (Lipinski definition) is 1. The number of pyridine rings is 1. The van der Waals surface area contributed by atoms with Gasteiger partial charge in [0.25, 0.3) is 5.91 Å². The van der Waals surface area contributed by atoms with Gasteiger partial charge in [-0.15, -0.1) is 0 Å². The van der Waals surface area contributed by atoms with E-state index in [2.05, 4.69) is 15.5 Å². The van der Waals surface area contributed by atoms with Gasteiger partial charge in [-0.3, -0.25) is 14.2 Å². The minimum atomic E-state index is -0.220. The fourth-order valence-corrected chi connectivity index (χ4v) is 3.92. The number of fused-ring (bicyclic) bond motifs is 1. The Morgan fingerprint density at radius 2 is 1.91 bits per heavy atom. The molecule has 0 unspecified atom stereocenters. The Morgan fingerprint density at radius 3 is 2.71 bits per heavy atom. The number of rotatable bonds is 6. The van der Waals surface area contributed by atoms with Crippen LogP contribution in [0.2, 0.25) is 0 Å². The lowest BCUT2D eigenvalue weighted by atomic mass is 10.0. The largest absolute Gasteiger partial charge is 0.497 e. The summed E-state index contributed by atoms with van der Waals surface area (Å²) in [5.41, 5.74) is 5.56. The lowest BCUT2D eigenvalue weighted by Gasteiger charge is -2.10. The molecule has 0 spiro atoms. The molecule has 1 N–H and O–H groups in total. The molecule has 5 rings (SSSR count). The maximum Gasteiger partial charge on any atom is 0.256 e. The smallest absolute Gasteiger partial charge is 0.256 e. The maximum absolute atomic E-state index is 13.3. The fraction of sp³-hybridized carbons (Fsp3) is 0.154. The van der Waals surface area contributed by atoms with Gasteiger partial charge in [0.15, 0.2) is 0 Å². The first-order chi connectivity index (χ1) is 16.5. The third kappa shape index (κ3) is 4.13. The summed E-state index contributed by atoms with van der Waals surface area (Å²) < 4.78 is 8.86. The molecule has 8 nitrogen and oxygen atoms in total. The molecule has 2 aromatic carbocycles. The number of benzene rings is 2. The van der Waals surface area contributed by atoms with E-state index in [9.17, 15) is 4.79 Å². The highest BCUT2D eigenvalue weighted by Crippen LogP contribution is 2.27. The van der Waals surface area contributed by atoms with E-state index in [0.29, 0.717) is 23.5 Å². The summed E-state index contributed by atoms with van der Waals surface area (Å²) in [6.07, 6.45) is 5.23. The number of anilines is 1. The van der Waals surface area contributed by atoms with Gasteiger partial charge >= 0.3 is 0 Å². The second kappa shape index (κ2) is 8.82. The third-order valence-corrected chi connectivity index (χ3v) is 5.84. The molecule has 5 aromatic rings. The number of aryl methyl sites for hydroxylation is 1. The molecule has 0 saturated carbocycles. The first-order valence-electron chi connectivity index (χ1n) is 10.9. The van der Waals surface area contributed by atoms with E-state index in [1.54, 1.807) is 28.9 Å². The molecule has 170 valence electrons. The number of hydrogen-bond acceptors (Lipinski definition) is 5. The molecule has 0 fully saturated rings. The summed E-state index contributed by atoms with van der Waals surface area (Å²) in [6, 6.07) is 17.3. The standard InChI is InChI=1S/C26H24N6O2/c1-17-23(14-27-31(17)2)25-12-22(21-9-4-5-10-24(21)30-25)26(33)29-19-13-28-32(16-19)15-18-7-6-8-20(11-18)34-3/h4-14,16H,15H2,1-3H3,(H,29,33). The van der Waals surface area contributed by atoms with E-state index >= 15 is 0 Å². The van der Waals surface area contributed by atoms with Gasteiger partial charge in [-0.05, 0) is 36.8 Å². The molecule has 3 heterocycles. The Morgan fingerprint density at radius 1 is 1.06 bits per heavy atom. The first-order valence-corrected chi connectivity index (χ1v) is 10.9. The summed E-state index contributed by atoms with van der Waals surface area (Å²) in [7, 11) is 3.53. The van der Waals surface area contributed by atoms with E-state index in [1.807, 2.05) is 74.8 Å². The van der Waals surface area contributed by atoms with Gasteiger partial charge in [-0.2, -0.15) is 10.2 Å². The van der Waals surface area contributed by atoms with Crippen LogP contribution in [-0.2, 0) is 13.6 Å². The lowest BCUT2D eigenvalue weighted by molar-refractivity contribution is 0.102. The van der Waals surface area contributed by atoms with Gasteiger partial charge in [-0.25, -0.2) is 4.98 Å². The summed E-state index contributed by atoms with van der Waals surface area (Å²) in [4.78, 5) is 18.1. The van der Waals surface area contributed by atoms with Crippen LogP contribution in [-0.4, -0.2) is 37.6 Å². The maximum atomic E-state index is 13.3. The normalized spacial score (nSPS) is 11.0. The van der Waals surface area contributed by atoms with Gasteiger partial charge in [0.1, 0.15) is 5.75 Å². The minimum absolute atomic E-state index is 0.220. The minimum Gasteiger partial charge on any atom is -0.497 e. The number of para-hydroxylation sites is 1. The molecule has 34 heavy (non-hydrogen) atoms. The quantitative estimate of drug-likeness (QED) is 0.411. The number of ether oxygens (including phenoxy) is 1. The SMILES string of the molecule is COc1cccc(Cn2cc(NC(=O)c3cc(-c4cnn(C)c4C)nc4ccccc34)cn2)c1. The van der Waals surface area contributed by atoms with E-state index in [4.69, 9.17) is 9.72 Å². The molecular weight excluding hydrogens is 428 g/mol.